The van der Waals surface area contributed by atoms with E-state index in [-0.39, 0.29) is 12.1 Å². The molecule has 24 heavy (non-hydrogen) atoms. The Morgan fingerprint density at radius 3 is 3.25 bits per heavy atom. The van der Waals surface area contributed by atoms with E-state index >= 15 is 0 Å². The number of rotatable bonds is 3. The molecule has 2 aromatic heterocycles. The van der Waals surface area contributed by atoms with Gasteiger partial charge in [-0.3, -0.25) is 0 Å². The van der Waals surface area contributed by atoms with Gasteiger partial charge in [0.05, 0.1) is 30.4 Å². The highest BCUT2D eigenvalue weighted by Crippen LogP contribution is 2.46. The molecule has 0 spiro atoms. The zero-order valence-electron chi connectivity index (χ0n) is 13.8. The third-order valence-corrected chi connectivity index (χ3v) is 7.23. The number of piperidine rings is 1. The second kappa shape index (κ2) is 5.46. The van der Waals surface area contributed by atoms with E-state index in [1.54, 1.807) is 11.3 Å². The van der Waals surface area contributed by atoms with Crippen LogP contribution in [0.2, 0.25) is 0 Å². The van der Waals surface area contributed by atoms with Gasteiger partial charge in [-0.1, -0.05) is 6.58 Å². The summed E-state index contributed by atoms with van der Waals surface area (Å²) in [6.45, 7) is 5.25. The highest BCUT2D eigenvalue weighted by Gasteiger charge is 2.38. The predicted molar refractivity (Wildman–Crippen MR) is 95.9 cm³/mol. The molecule has 2 fully saturated rings. The van der Waals surface area contributed by atoms with Gasteiger partial charge in [-0.05, 0) is 49.5 Å². The molecule has 0 amide bonds. The minimum atomic E-state index is -0.241. The molecule has 4 atom stereocenters. The highest BCUT2D eigenvalue weighted by atomic mass is 32.1. The molecule has 3 aliphatic rings. The summed E-state index contributed by atoms with van der Waals surface area (Å²) in [4.78, 5) is 8.18. The highest BCUT2D eigenvalue weighted by molar-refractivity contribution is 7.10. The minimum Gasteiger partial charge on any atom is -0.393 e. The number of imidazole rings is 1. The Balaban J connectivity index is 1.33. The maximum Gasteiger partial charge on any atom is 0.0957 e. The van der Waals surface area contributed by atoms with Gasteiger partial charge in [0.2, 0.25) is 0 Å². The van der Waals surface area contributed by atoms with Crippen LogP contribution in [0.25, 0.3) is 11.3 Å². The van der Waals surface area contributed by atoms with Gasteiger partial charge in [-0.15, -0.1) is 11.3 Å². The van der Waals surface area contributed by atoms with Gasteiger partial charge < -0.3 is 14.6 Å². The molecule has 0 bridgehead atoms. The van der Waals surface area contributed by atoms with E-state index in [4.69, 9.17) is 0 Å². The number of hydrogen-bond donors (Lipinski definition) is 1. The van der Waals surface area contributed by atoms with Crippen molar-refractivity contribution in [3.05, 3.63) is 41.1 Å². The monoisotopic (exact) mass is 341 g/mol. The first-order valence-electron chi connectivity index (χ1n) is 8.94. The first kappa shape index (κ1) is 14.7. The molecule has 0 radical (unpaired) electrons. The lowest BCUT2D eigenvalue weighted by atomic mass is 9.84. The Morgan fingerprint density at radius 1 is 1.42 bits per heavy atom. The summed E-state index contributed by atoms with van der Waals surface area (Å²) in [6, 6.07) is 3.04. The van der Waals surface area contributed by atoms with Crippen LogP contribution in [0.5, 0.6) is 0 Å². The van der Waals surface area contributed by atoms with Crippen LogP contribution >= 0.6 is 11.3 Å². The first-order valence-corrected chi connectivity index (χ1v) is 9.82. The summed E-state index contributed by atoms with van der Waals surface area (Å²) in [5.41, 5.74) is 3.80. The van der Waals surface area contributed by atoms with Crippen LogP contribution in [0, 0.1) is 5.92 Å². The third-order valence-electron chi connectivity index (χ3n) is 6.21. The largest absolute Gasteiger partial charge is 0.393 e. The van der Waals surface area contributed by atoms with Gasteiger partial charge in [-0.2, -0.15) is 0 Å². The number of aliphatic hydroxyl groups is 1. The predicted octanol–water partition coefficient (Wildman–Crippen LogP) is 3.65. The third kappa shape index (κ3) is 2.11. The van der Waals surface area contributed by atoms with Crippen LogP contribution < -0.4 is 0 Å². The van der Waals surface area contributed by atoms with Crippen molar-refractivity contribution in [2.75, 3.05) is 6.54 Å². The molecule has 1 N–H and O–H groups in total. The van der Waals surface area contributed by atoms with Crippen molar-refractivity contribution < 1.29 is 5.11 Å². The van der Waals surface area contributed by atoms with E-state index in [9.17, 15) is 5.11 Å². The summed E-state index contributed by atoms with van der Waals surface area (Å²) >= 11 is 1.81. The molecule has 5 heteroatoms. The van der Waals surface area contributed by atoms with Crippen molar-refractivity contribution in [1.29, 1.82) is 0 Å². The zero-order valence-corrected chi connectivity index (χ0v) is 14.6. The van der Waals surface area contributed by atoms with Crippen LogP contribution in [-0.4, -0.2) is 38.2 Å². The maximum absolute atomic E-state index is 11.0. The fourth-order valence-electron chi connectivity index (χ4n) is 4.92. The van der Waals surface area contributed by atoms with Gasteiger partial charge in [0, 0.05) is 28.7 Å². The van der Waals surface area contributed by atoms with E-state index in [1.807, 2.05) is 12.5 Å². The SMILES string of the molecule is C=C1CC[C@@H]2C[C@H]([C@H](O)C[C@H]3c4sccc4-c4cncn43)CCN12. The quantitative estimate of drug-likeness (QED) is 0.926. The molecule has 5 rings (SSSR count). The summed E-state index contributed by atoms with van der Waals surface area (Å²) in [5, 5.41) is 13.1. The minimum absolute atomic E-state index is 0.241. The Morgan fingerprint density at radius 2 is 2.33 bits per heavy atom. The Hall–Kier alpha value is -1.59. The van der Waals surface area contributed by atoms with Crippen LogP contribution in [0.4, 0.5) is 0 Å². The number of aromatic nitrogens is 2. The first-order chi connectivity index (χ1) is 11.7. The van der Waals surface area contributed by atoms with E-state index < -0.39 is 0 Å². The molecule has 0 saturated carbocycles. The average molecular weight is 341 g/mol. The van der Waals surface area contributed by atoms with Crippen LogP contribution in [0.1, 0.15) is 43.0 Å². The van der Waals surface area contributed by atoms with Crippen molar-refractivity contribution in [2.45, 2.75) is 50.3 Å². The van der Waals surface area contributed by atoms with E-state index in [2.05, 4.69) is 32.5 Å². The number of nitrogens with zero attached hydrogens (tertiary/aromatic N) is 3. The van der Waals surface area contributed by atoms with Crippen molar-refractivity contribution >= 4 is 11.3 Å². The van der Waals surface area contributed by atoms with Crippen LogP contribution in [0.15, 0.2) is 36.2 Å². The Kier molecular flexibility index (Phi) is 3.35. The molecule has 2 aromatic rings. The molecule has 126 valence electrons. The van der Waals surface area contributed by atoms with Crippen molar-refractivity contribution in [3.8, 4) is 11.3 Å². The van der Waals surface area contributed by atoms with E-state index in [0.29, 0.717) is 12.0 Å². The van der Waals surface area contributed by atoms with Crippen LogP contribution in [0.3, 0.4) is 0 Å². The number of hydrogen-bond acceptors (Lipinski definition) is 4. The van der Waals surface area contributed by atoms with Gasteiger partial charge in [-0.25, -0.2) is 4.98 Å². The lowest BCUT2D eigenvalue weighted by Gasteiger charge is -2.39. The van der Waals surface area contributed by atoms with Crippen molar-refractivity contribution in [3.63, 3.8) is 0 Å². The number of allylic oxidation sites excluding steroid dienone is 1. The van der Waals surface area contributed by atoms with Gasteiger partial charge in [0.1, 0.15) is 0 Å². The second-order valence-electron chi connectivity index (χ2n) is 7.44. The Bertz CT molecular complexity index is 739. The average Bonchev–Trinajstić information content (AvgIpc) is 3.33. The normalized spacial score (nSPS) is 29.5. The summed E-state index contributed by atoms with van der Waals surface area (Å²) in [5.74, 6) is 0.410. The summed E-state index contributed by atoms with van der Waals surface area (Å²) in [7, 11) is 0. The van der Waals surface area contributed by atoms with Gasteiger partial charge in [0.25, 0.3) is 0 Å². The smallest absolute Gasteiger partial charge is 0.0957 e. The Labute approximate surface area is 146 Å². The molecule has 5 heterocycles. The molecule has 0 aromatic carbocycles. The fraction of sp³-hybridized carbons (Fsp3) is 0.526. The number of thiophene rings is 1. The standard InChI is InChI=1S/C19H23N3OS/c1-12-2-3-14-8-13(4-6-21(12)14)18(23)9-16-19-15(5-7-24-19)17-10-20-11-22(16)17/h5,7,10-11,13-14,16,18,23H,1-4,6,8-9H2/t13-,14-,16+,18-/m1/s1. The molecule has 3 aliphatic heterocycles. The summed E-state index contributed by atoms with van der Waals surface area (Å²) < 4.78 is 2.25. The molecular formula is C19H23N3OS. The zero-order chi connectivity index (χ0) is 16.3. The number of aliphatic hydroxyl groups excluding tert-OH is 1. The van der Waals surface area contributed by atoms with Gasteiger partial charge >= 0.3 is 0 Å². The molecular weight excluding hydrogens is 318 g/mol. The molecule has 2 saturated heterocycles. The van der Waals surface area contributed by atoms with Crippen molar-refractivity contribution in [1.82, 2.24) is 14.5 Å². The van der Waals surface area contributed by atoms with Crippen molar-refractivity contribution in [2.24, 2.45) is 5.92 Å². The fourth-order valence-corrected chi connectivity index (χ4v) is 5.94. The van der Waals surface area contributed by atoms with E-state index in [1.165, 1.54) is 28.3 Å². The second-order valence-corrected chi connectivity index (χ2v) is 8.39. The summed E-state index contributed by atoms with van der Waals surface area (Å²) in [6.07, 6.45) is 8.96. The van der Waals surface area contributed by atoms with Crippen LogP contribution in [-0.2, 0) is 0 Å². The molecule has 0 aliphatic carbocycles. The molecule has 4 nitrogen and oxygen atoms in total. The lowest BCUT2D eigenvalue weighted by Crippen LogP contribution is -2.41. The topological polar surface area (TPSA) is 41.3 Å². The maximum atomic E-state index is 11.0. The van der Waals surface area contributed by atoms with E-state index in [0.717, 1.165) is 32.2 Å². The molecule has 0 unspecified atom stereocenters. The number of fused-ring (bicyclic) bond motifs is 4. The van der Waals surface area contributed by atoms with Gasteiger partial charge in [0.15, 0.2) is 0 Å². The lowest BCUT2D eigenvalue weighted by molar-refractivity contribution is 0.0404.